The lowest BCUT2D eigenvalue weighted by atomic mass is 10.1. The van der Waals surface area contributed by atoms with Crippen molar-refractivity contribution < 1.29 is 0 Å². The first kappa shape index (κ1) is 21.2. The molecule has 5 nitrogen and oxygen atoms in total. The van der Waals surface area contributed by atoms with Crippen molar-refractivity contribution in [1.29, 1.82) is 0 Å². The maximum atomic E-state index is 4.33. The third-order valence-corrected chi connectivity index (χ3v) is 4.41. The Morgan fingerprint density at radius 2 is 1.92 bits per heavy atom. The van der Waals surface area contributed by atoms with E-state index in [1.807, 2.05) is 13.1 Å². The number of aliphatic imine (C=N–C) groups is 1. The maximum Gasteiger partial charge on any atom is 0.191 e. The fourth-order valence-electron chi connectivity index (χ4n) is 2.88. The molecule has 1 atom stereocenters. The molecule has 136 valence electrons. The first-order valence-corrected chi connectivity index (χ1v) is 8.62. The Bertz CT molecular complexity index is 480. The lowest BCUT2D eigenvalue weighted by Crippen LogP contribution is -2.43. The van der Waals surface area contributed by atoms with E-state index in [1.165, 1.54) is 25.1 Å². The summed E-state index contributed by atoms with van der Waals surface area (Å²) in [6.45, 7) is 8.87. The second kappa shape index (κ2) is 11.7. The zero-order valence-electron chi connectivity index (χ0n) is 15.2. The number of benzene rings is 1. The van der Waals surface area contributed by atoms with Gasteiger partial charge >= 0.3 is 0 Å². The third kappa shape index (κ3) is 7.36. The summed E-state index contributed by atoms with van der Waals surface area (Å²) in [4.78, 5) is 9.28. The average molecular weight is 445 g/mol. The Labute approximate surface area is 163 Å². The zero-order chi connectivity index (χ0) is 16.5. The van der Waals surface area contributed by atoms with Crippen LogP contribution in [0.2, 0.25) is 0 Å². The van der Waals surface area contributed by atoms with Gasteiger partial charge in [-0.1, -0.05) is 30.3 Å². The van der Waals surface area contributed by atoms with Gasteiger partial charge in [-0.3, -0.25) is 4.99 Å². The molecular formula is C18H32IN5. The number of hydrogen-bond acceptors (Lipinski definition) is 3. The van der Waals surface area contributed by atoms with Crippen LogP contribution in [0.25, 0.3) is 0 Å². The topological polar surface area (TPSA) is 42.9 Å². The van der Waals surface area contributed by atoms with E-state index < -0.39 is 0 Å². The van der Waals surface area contributed by atoms with Crippen LogP contribution < -0.4 is 10.6 Å². The number of guanidine groups is 1. The van der Waals surface area contributed by atoms with Gasteiger partial charge in [0, 0.05) is 33.2 Å². The zero-order valence-corrected chi connectivity index (χ0v) is 17.5. The van der Waals surface area contributed by atoms with Gasteiger partial charge in [0.05, 0.1) is 6.04 Å². The van der Waals surface area contributed by atoms with Crippen molar-refractivity contribution in [1.82, 2.24) is 20.4 Å². The van der Waals surface area contributed by atoms with Gasteiger partial charge in [-0.15, -0.1) is 24.0 Å². The molecule has 1 unspecified atom stereocenters. The van der Waals surface area contributed by atoms with E-state index in [1.54, 1.807) is 0 Å². The van der Waals surface area contributed by atoms with Crippen molar-refractivity contribution in [3.8, 4) is 0 Å². The van der Waals surface area contributed by atoms with Crippen LogP contribution in [0.15, 0.2) is 35.3 Å². The van der Waals surface area contributed by atoms with Crippen molar-refractivity contribution in [2.45, 2.75) is 19.4 Å². The summed E-state index contributed by atoms with van der Waals surface area (Å²) in [5, 5.41) is 6.88. The van der Waals surface area contributed by atoms with Gasteiger partial charge < -0.3 is 20.4 Å². The minimum atomic E-state index is 0. The van der Waals surface area contributed by atoms with Gasteiger partial charge in [0.2, 0.25) is 0 Å². The second-order valence-electron chi connectivity index (χ2n) is 6.27. The van der Waals surface area contributed by atoms with E-state index in [-0.39, 0.29) is 30.0 Å². The SMILES string of the molecule is CN=C(NCCN1CCCN(C)CC1)NC(C)c1ccccc1.I. The molecule has 1 heterocycles. The van der Waals surface area contributed by atoms with Crippen LogP contribution in [0.4, 0.5) is 0 Å². The lowest BCUT2D eigenvalue weighted by Gasteiger charge is -2.22. The van der Waals surface area contributed by atoms with Crippen LogP contribution >= 0.6 is 24.0 Å². The van der Waals surface area contributed by atoms with E-state index in [9.17, 15) is 0 Å². The van der Waals surface area contributed by atoms with Crippen molar-refractivity contribution in [2.24, 2.45) is 4.99 Å². The maximum absolute atomic E-state index is 4.33. The first-order valence-electron chi connectivity index (χ1n) is 8.62. The normalized spacial score (nSPS) is 18.4. The van der Waals surface area contributed by atoms with Crippen LogP contribution in [0.1, 0.15) is 24.9 Å². The summed E-state index contributed by atoms with van der Waals surface area (Å²) in [5.74, 6) is 0.869. The van der Waals surface area contributed by atoms with Crippen LogP contribution in [0.3, 0.4) is 0 Å². The lowest BCUT2D eigenvalue weighted by molar-refractivity contribution is 0.280. The summed E-state index contributed by atoms with van der Waals surface area (Å²) < 4.78 is 0. The Kier molecular flexibility index (Phi) is 10.3. The predicted molar refractivity (Wildman–Crippen MR) is 113 cm³/mol. The molecule has 2 rings (SSSR count). The number of likely N-dealkylation sites (N-methyl/N-ethyl adjacent to an activating group) is 1. The van der Waals surface area contributed by atoms with Crippen LogP contribution in [-0.2, 0) is 0 Å². The molecule has 0 spiro atoms. The quantitative estimate of drug-likeness (QED) is 0.414. The van der Waals surface area contributed by atoms with Gasteiger partial charge in [-0.2, -0.15) is 0 Å². The van der Waals surface area contributed by atoms with Crippen molar-refractivity contribution in [2.75, 3.05) is 53.4 Å². The van der Waals surface area contributed by atoms with E-state index >= 15 is 0 Å². The van der Waals surface area contributed by atoms with Crippen LogP contribution in [-0.4, -0.2) is 69.1 Å². The van der Waals surface area contributed by atoms with Gasteiger partial charge in [0.15, 0.2) is 5.96 Å². The van der Waals surface area contributed by atoms with Crippen LogP contribution in [0.5, 0.6) is 0 Å². The molecule has 1 fully saturated rings. The molecule has 1 aliphatic rings. The minimum absolute atomic E-state index is 0. The highest BCUT2D eigenvalue weighted by Crippen LogP contribution is 2.10. The Balaban J connectivity index is 0.00000288. The number of halogens is 1. The summed E-state index contributed by atoms with van der Waals surface area (Å²) in [7, 11) is 4.03. The molecule has 24 heavy (non-hydrogen) atoms. The van der Waals surface area contributed by atoms with Gasteiger partial charge in [0.25, 0.3) is 0 Å². The number of nitrogens with one attached hydrogen (secondary N) is 2. The molecule has 1 aromatic rings. The molecule has 1 saturated heterocycles. The molecule has 0 saturated carbocycles. The summed E-state index contributed by atoms with van der Waals surface area (Å²) in [5.41, 5.74) is 1.27. The van der Waals surface area contributed by atoms with E-state index in [0.29, 0.717) is 0 Å². The van der Waals surface area contributed by atoms with Gasteiger partial charge in [-0.05, 0) is 39.0 Å². The summed E-state index contributed by atoms with van der Waals surface area (Å²) in [6.07, 6.45) is 1.26. The molecule has 0 bridgehead atoms. The highest BCUT2D eigenvalue weighted by molar-refractivity contribution is 14.0. The Morgan fingerprint density at radius 3 is 2.62 bits per heavy atom. The Hall–Kier alpha value is -0.860. The van der Waals surface area contributed by atoms with Crippen molar-refractivity contribution in [3.63, 3.8) is 0 Å². The molecule has 2 N–H and O–H groups in total. The number of rotatable bonds is 5. The molecule has 0 radical (unpaired) electrons. The van der Waals surface area contributed by atoms with E-state index in [2.05, 4.69) is 63.7 Å². The molecule has 0 aliphatic carbocycles. The fourth-order valence-corrected chi connectivity index (χ4v) is 2.88. The monoisotopic (exact) mass is 445 g/mol. The fraction of sp³-hybridized carbons (Fsp3) is 0.611. The predicted octanol–water partition coefficient (Wildman–Crippen LogP) is 2.17. The van der Waals surface area contributed by atoms with E-state index in [0.717, 1.165) is 32.1 Å². The average Bonchev–Trinajstić information content (AvgIpc) is 2.79. The van der Waals surface area contributed by atoms with Gasteiger partial charge in [0.1, 0.15) is 0 Å². The molecule has 0 aromatic heterocycles. The number of nitrogens with zero attached hydrogens (tertiary/aromatic N) is 3. The minimum Gasteiger partial charge on any atom is -0.355 e. The third-order valence-electron chi connectivity index (χ3n) is 4.41. The number of hydrogen-bond donors (Lipinski definition) is 2. The van der Waals surface area contributed by atoms with E-state index in [4.69, 9.17) is 0 Å². The van der Waals surface area contributed by atoms with Crippen molar-refractivity contribution >= 4 is 29.9 Å². The molecule has 0 amide bonds. The molecular weight excluding hydrogens is 413 g/mol. The highest BCUT2D eigenvalue weighted by atomic mass is 127. The molecule has 1 aliphatic heterocycles. The molecule has 1 aromatic carbocycles. The highest BCUT2D eigenvalue weighted by Gasteiger charge is 2.12. The van der Waals surface area contributed by atoms with Gasteiger partial charge in [-0.25, -0.2) is 0 Å². The Morgan fingerprint density at radius 1 is 1.17 bits per heavy atom. The summed E-state index contributed by atoms with van der Waals surface area (Å²) in [6, 6.07) is 10.7. The smallest absolute Gasteiger partial charge is 0.191 e. The summed E-state index contributed by atoms with van der Waals surface area (Å²) >= 11 is 0. The first-order chi connectivity index (χ1) is 11.2. The van der Waals surface area contributed by atoms with Crippen molar-refractivity contribution in [3.05, 3.63) is 35.9 Å². The molecule has 6 heteroatoms. The second-order valence-corrected chi connectivity index (χ2v) is 6.27. The largest absolute Gasteiger partial charge is 0.355 e. The standard InChI is InChI=1S/C18H31N5.HI/c1-16(17-8-5-4-6-9-17)21-18(19-2)20-10-13-23-12-7-11-22(3)14-15-23;/h4-6,8-9,16H,7,10-15H2,1-3H3,(H2,19,20,21);1H. The van der Waals surface area contributed by atoms with Crippen LogP contribution in [0, 0.1) is 0 Å².